The fourth-order valence-electron chi connectivity index (χ4n) is 2.63. The molecular formula is C14H18N4O4. The zero-order valence-electron chi connectivity index (χ0n) is 12.0. The van der Waals surface area contributed by atoms with Gasteiger partial charge in [0.15, 0.2) is 0 Å². The molecule has 0 aromatic heterocycles. The maximum Gasteiger partial charge on any atom is 0.269 e. The van der Waals surface area contributed by atoms with Gasteiger partial charge >= 0.3 is 0 Å². The van der Waals surface area contributed by atoms with Gasteiger partial charge in [-0.05, 0) is 24.8 Å². The number of nitrogens with two attached hydrogens (primary N) is 2. The molecule has 8 nitrogen and oxygen atoms in total. The number of carbonyl (C=O) groups is 2. The van der Waals surface area contributed by atoms with Crippen molar-refractivity contribution in [3.8, 4) is 0 Å². The van der Waals surface area contributed by atoms with Crippen LogP contribution < -0.4 is 11.5 Å². The number of non-ortho nitro benzene ring substituents is 1. The number of nitrogens with zero attached hydrogens (tertiary/aromatic N) is 2. The van der Waals surface area contributed by atoms with Crippen molar-refractivity contribution in [3.05, 3.63) is 39.9 Å². The minimum Gasteiger partial charge on any atom is -0.368 e. The van der Waals surface area contributed by atoms with Gasteiger partial charge in [-0.15, -0.1) is 0 Å². The second kappa shape index (κ2) is 6.52. The van der Waals surface area contributed by atoms with E-state index in [2.05, 4.69) is 0 Å². The van der Waals surface area contributed by atoms with Crippen LogP contribution in [0.1, 0.15) is 18.4 Å². The monoisotopic (exact) mass is 306 g/mol. The molecule has 0 radical (unpaired) electrons. The Morgan fingerprint density at radius 1 is 1.36 bits per heavy atom. The Morgan fingerprint density at radius 3 is 2.55 bits per heavy atom. The van der Waals surface area contributed by atoms with Crippen LogP contribution >= 0.6 is 0 Å². The number of hydrogen-bond acceptors (Lipinski definition) is 5. The first-order valence-electron chi connectivity index (χ1n) is 6.99. The molecule has 1 aliphatic heterocycles. The lowest BCUT2D eigenvalue weighted by molar-refractivity contribution is -0.384. The molecule has 1 aliphatic rings. The fraction of sp³-hybridized carbons (Fsp3) is 0.429. The molecule has 0 spiro atoms. The molecule has 1 aromatic rings. The van der Waals surface area contributed by atoms with Crippen LogP contribution in [-0.4, -0.2) is 40.3 Å². The van der Waals surface area contributed by atoms with E-state index < -0.39 is 22.9 Å². The van der Waals surface area contributed by atoms with Crippen LogP contribution in [-0.2, 0) is 16.0 Å². The van der Waals surface area contributed by atoms with Crippen molar-refractivity contribution in [2.45, 2.75) is 31.3 Å². The number of benzene rings is 1. The quantitative estimate of drug-likeness (QED) is 0.581. The maximum absolute atomic E-state index is 12.3. The zero-order chi connectivity index (χ0) is 16.3. The fourth-order valence-corrected chi connectivity index (χ4v) is 2.63. The second-order valence-corrected chi connectivity index (χ2v) is 5.33. The first-order chi connectivity index (χ1) is 10.4. The van der Waals surface area contributed by atoms with E-state index >= 15 is 0 Å². The van der Waals surface area contributed by atoms with Gasteiger partial charge in [0.25, 0.3) is 5.69 Å². The summed E-state index contributed by atoms with van der Waals surface area (Å²) in [5, 5.41) is 10.6. The molecule has 1 saturated heterocycles. The van der Waals surface area contributed by atoms with Gasteiger partial charge in [0.2, 0.25) is 11.8 Å². The summed E-state index contributed by atoms with van der Waals surface area (Å²) in [6, 6.07) is 4.49. The third-order valence-electron chi connectivity index (χ3n) is 3.78. The van der Waals surface area contributed by atoms with Gasteiger partial charge < -0.3 is 16.4 Å². The molecule has 22 heavy (non-hydrogen) atoms. The number of carbonyl (C=O) groups excluding carboxylic acids is 2. The Morgan fingerprint density at radius 2 is 2.00 bits per heavy atom. The van der Waals surface area contributed by atoms with Crippen molar-refractivity contribution >= 4 is 17.5 Å². The minimum absolute atomic E-state index is 0.0167. The van der Waals surface area contributed by atoms with Crippen LogP contribution in [0.2, 0.25) is 0 Å². The molecule has 1 heterocycles. The van der Waals surface area contributed by atoms with E-state index in [-0.39, 0.29) is 18.0 Å². The number of amides is 2. The molecule has 0 aliphatic carbocycles. The zero-order valence-corrected chi connectivity index (χ0v) is 12.0. The Bertz CT molecular complexity index is 587. The molecule has 8 heteroatoms. The van der Waals surface area contributed by atoms with Gasteiger partial charge in [0.1, 0.15) is 6.04 Å². The van der Waals surface area contributed by atoms with Crippen LogP contribution in [0, 0.1) is 10.1 Å². The summed E-state index contributed by atoms with van der Waals surface area (Å²) in [7, 11) is 0. The highest BCUT2D eigenvalue weighted by molar-refractivity contribution is 5.89. The van der Waals surface area contributed by atoms with Crippen molar-refractivity contribution in [2.24, 2.45) is 11.5 Å². The van der Waals surface area contributed by atoms with Crippen LogP contribution in [0.25, 0.3) is 0 Å². The molecule has 0 saturated carbocycles. The smallest absolute Gasteiger partial charge is 0.269 e. The molecule has 118 valence electrons. The lowest BCUT2D eigenvalue weighted by atomic mass is 10.0. The Kier molecular flexibility index (Phi) is 4.71. The van der Waals surface area contributed by atoms with E-state index in [0.717, 1.165) is 12.0 Å². The van der Waals surface area contributed by atoms with Gasteiger partial charge in [0.05, 0.1) is 11.0 Å². The largest absolute Gasteiger partial charge is 0.368 e. The SMILES string of the molecule is NC(=O)[C@@H]1CCCN1C(=O)[C@@H](N)Cc1ccc([N+](=O)[O-])cc1. The predicted molar refractivity (Wildman–Crippen MR) is 78.7 cm³/mol. The third-order valence-corrected chi connectivity index (χ3v) is 3.78. The van der Waals surface area contributed by atoms with Crippen molar-refractivity contribution < 1.29 is 14.5 Å². The number of hydrogen-bond donors (Lipinski definition) is 2. The van der Waals surface area contributed by atoms with E-state index in [9.17, 15) is 19.7 Å². The van der Waals surface area contributed by atoms with Gasteiger partial charge in [-0.3, -0.25) is 19.7 Å². The highest BCUT2D eigenvalue weighted by atomic mass is 16.6. The molecule has 2 atom stereocenters. The van der Waals surface area contributed by atoms with E-state index in [0.29, 0.717) is 13.0 Å². The Hall–Kier alpha value is -2.48. The predicted octanol–water partition coefficient (Wildman–Crippen LogP) is -0.0591. The van der Waals surface area contributed by atoms with E-state index in [4.69, 9.17) is 11.5 Å². The van der Waals surface area contributed by atoms with Gasteiger partial charge in [-0.1, -0.05) is 12.1 Å². The molecule has 4 N–H and O–H groups in total. The first kappa shape index (κ1) is 15.9. The van der Waals surface area contributed by atoms with Gasteiger partial charge in [-0.2, -0.15) is 0 Å². The lowest BCUT2D eigenvalue weighted by Gasteiger charge is -2.25. The summed E-state index contributed by atoms with van der Waals surface area (Å²) in [6.45, 7) is 0.473. The first-order valence-corrected chi connectivity index (χ1v) is 6.99. The molecule has 0 bridgehead atoms. The van der Waals surface area contributed by atoms with Crippen molar-refractivity contribution in [1.29, 1.82) is 0 Å². The van der Waals surface area contributed by atoms with E-state index in [1.54, 1.807) is 12.1 Å². The van der Waals surface area contributed by atoms with Crippen molar-refractivity contribution in [2.75, 3.05) is 6.54 Å². The Balaban J connectivity index is 2.02. The normalized spacial score (nSPS) is 19.0. The van der Waals surface area contributed by atoms with Crippen LogP contribution in [0.3, 0.4) is 0 Å². The highest BCUT2D eigenvalue weighted by Gasteiger charge is 2.34. The number of nitro benzene ring substituents is 1. The topological polar surface area (TPSA) is 133 Å². The van der Waals surface area contributed by atoms with E-state index in [1.165, 1.54) is 17.0 Å². The summed E-state index contributed by atoms with van der Waals surface area (Å²) < 4.78 is 0. The average Bonchev–Trinajstić information content (AvgIpc) is 2.96. The molecular weight excluding hydrogens is 288 g/mol. The van der Waals surface area contributed by atoms with Gasteiger partial charge in [-0.25, -0.2) is 0 Å². The molecule has 1 fully saturated rings. The summed E-state index contributed by atoms with van der Waals surface area (Å²) in [6.07, 6.45) is 1.54. The molecule has 2 amide bonds. The third kappa shape index (κ3) is 3.40. The molecule has 0 unspecified atom stereocenters. The summed E-state index contributed by atoms with van der Waals surface area (Å²) in [5.41, 5.74) is 11.9. The summed E-state index contributed by atoms with van der Waals surface area (Å²) in [4.78, 5) is 35.2. The average molecular weight is 306 g/mol. The second-order valence-electron chi connectivity index (χ2n) is 5.33. The number of primary amides is 1. The molecule has 2 rings (SSSR count). The lowest BCUT2D eigenvalue weighted by Crippen LogP contribution is -2.50. The summed E-state index contributed by atoms with van der Waals surface area (Å²) in [5.74, 6) is -0.840. The van der Waals surface area contributed by atoms with Crippen LogP contribution in [0.4, 0.5) is 5.69 Å². The van der Waals surface area contributed by atoms with E-state index in [1.807, 2.05) is 0 Å². The summed E-state index contributed by atoms with van der Waals surface area (Å²) >= 11 is 0. The number of likely N-dealkylation sites (tertiary alicyclic amines) is 1. The van der Waals surface area contributed by atoms with Crippen molar-refractivity contribution in [1.82, 2.24) is 4.90 Å². The van der Waals surface area contributed by atoms with Crippen LogP contribution in [0.15, 0.2) is 24.3 Å². The highest BCUT2D eigenvalue weighted by Crippen LogP contribution is 2.19. The van der Waals surface area contributed by atoms with Gasteiger partial charge in [0, 0.05) is 18.7 Å². The minimum atomic E-state index is -0.804. The number of rotatable bonds is 5. The number of nitro groups is 1. The standard InChI is InChI=1S/C14H18N4O4/c15-11(8-9-3-5-10(6-4-9)18(21)22)14(20)17-7-1-2-12(17)13(16)19/h3-6,11-12H,1-2,7-8,15H2,(H2,16,19)/t11-,12-/m0/s1. The van der Waals surface area contributed by atoms with Crippen molar-refractivity contribution in [3.63, 3.8) is 0 Å². The van der Waals surface area contributed by atoms with Crippen LogP contribution in [0.5, 0.6) is 0 Å². The maximum atomic E-state index is 12.3. The molecule has 1 aromatic carbocycles. The Labute approximate surface area is 127 Å².